The van der Waals surface area contributed by atoms with Gasteiger partial charge in [-0.05, 0) is 42.3 Å². The second kappa shape index (κ2) is 9.44. The Morgan fingerprint density at radius 1 is 1.00 bits per heavy atom. The Balaban J connectivity index is 1.82. The minimum absolute atomic E-state index is 0.137. The number of anilines is 1. The number of hydrogen-bond donors (Lipinski definition) is 1. The second-order valence-corrected chi connectivity index (χ2v) is 10.3. The molecule has 0 heterocycles. The largest absolute Gasteiger partial charge is 0.326 e. The van der Waals surface area contributed by atoms with Gasteiger partial charge in [0.2, 0.25) is 5.91 Å². The molecule has 1 amide bonds. The number of carbonyl (C=O) groups is 2. The number of unbranched alkanes of at least 4 members (excludes halogenated alkanes) is 1. The fourth-order valence-electron chi connectivity index (χ4n) is 3.38. The molecule has 2 unspecified atom stereocenters. The quantitative estimate of drug-likeness (QED) is 0.291. The Bertz CT molecular complexity index is 987. The molecule has 1 aliphatic carbocycles. The van der Waals surface area contributed by atoms with E-state index in [0.717, 1.165) is 12.8 Å². The fraction of sp³-hybridized carbons (Fsp3) is 0.333. The van der Waals surface area contributed by atoms with Crippen molar-refractivity contribution in [2.45, 2.75) is 36.4 Å². The predicted octanol–water partition coefficient (Wildman–Crippen LogP) is 8.20. The Labute approximate surface area is 204 Å². The summed E-state index contributed by atoms with van der Waals surface area (Å²) in [7, 11) is 0. The van der Waals surface area contributed by atoms with Crippen LogP contribution in [0.4, 0.5) is 5.69 Å². The van der Waals surface area contributed by atoms with Crippen molar-refractivity contribution in [2.24, 2.45) is 5.92 Å². The van der Waals surface area contributed by atoms with Crippen molar-refractivity contribution >= 4 is 87.0 Å². The van der Waals surface area contributed by atoms with Crippen molar-refractivity contribution in [3.05, 3.63) is 61.5 Å². The van der Waals surface area contributed by atoms with Gasteiger partial charge in [0.15, 0.2) is 5.78 Å². The molecule has 0 bridgehead atoms. The van der Waals surface area contributed by atoms with Crippen molar-refractivity contribution in [1.82, 2.24) is 0 Å². The molecular formula is C21H17Cl6NO2. The van der Waals surface area contributed by atoms with Crippen molar-refractivity contribution in [1.29, 1.82) is 0 Å². The molecule has 3 rings (SSSR count). The van der Waals surface area contributed by atoms with Gasteiger partial charge in [-0.15, -0.1) is 23.2 Å². The number of carbonyl (C=O) groups excluding carboxylic acids is 2. The molecule has 160 valence electrons. The summed E-state index contributed by atoms with van der Waals surface area (Å²) in [6.07, 6.45) is 1.95. The third-order valence-corrected chi connectivity index (χ3v) is 7.11. The topological polar surface area (TPSA) is 46.2 Å². The van der Waals surface area contributed by atoms with Gasteiger partial charge in [0.05, 0.1) is 16.0 Å². The summed E-state index contributed by atoms with van der Waals surface area (Å²) in [5, 5.41) is 3.92. The Kier molecular flexibility index (Phi) is 7.54. The number of rotatable bonds is 7. The third kappa shape index (κ3) is 5.03. The average molecular weight is 528 g/mol. The second-order valence-electron chi connectivity index (χ2n) is 7.17. The van der Waals surface area contributed by atoms with Gasteiger partial charge in [0.1, 0.15) is 4.33 Å². The van der Waals surface area contributed by atoms with E-state index in [0.29, 0.717) is 27.7 Å². The summed E-state index contributed by atoms with van der Waals surface area (Å²) >= 11 is 37.3. The van der Waals surface area contributed by atoms with Crippen LogP contribution in [-0.2, 0) is 4.79 Å². The highest BCUT2D eigenvalue weighted by Gasteiger charge is 2.67. The molecule has 0 aliphatic heterocycles. The molecule has 2 atom stereocenters. The zero-order valence-corrected chi connectivity index (χ0v) is 20.3. The summed E-state index contributed by atoms with van der Waals surface area (Å²) in [5.74, 6) is -1.76. The normalized spacial score (nSPS) is 19.4. The van der Waals surface area contributed by atoms with Gasteiger partial charge in [-0.3, -0.25) is 9.59 Å². The van der Waals surface area contributed by atoms with Crippen LogP contribution in [0, 0.1) is 5.92 Å². The van der Waals surface area contributed by atoms with E-state index in [9.17, 15) is 9.59 Å². The molecule has 30 heavy (non-hydrogen) atoms. The summed E-state index contributed by atoms with van der Waals surface area (Å²) in [5.41, 5.74) is 1.28. The Hall–Kier alpha value is -0.680. The van der Waals surface area contributed by atoms with Crippen LogP contribution < -0.4 is 5.32 Å². The molecule has 0 aromatic heterocycles. The number of halogens is 6. The predicted molar refractivity (Wildman–Crippen MR) is 126 cm³/mol. The fourth-order valence-corrected chi connectivity index (χ4v) is 5.18. The molecule has 1 aliphatic rings. The van der Waals surface area contributed by atoms with E-state index in [2.05, 4.69) is 5.32 Å². The Morgan fingerprint density at radius 3 is 2.23 bits per heavy atom. The molecular weight excluding hydrogens is 511 g/mol. The van der Waals surface area contributed by atoms with Gasteiger partial charge in [0.25, 0.3) is 0 Å². The lowest BCUT2D eigenvalue weighted by atomic mass is 10.0. The third-order valence-electron chi connectivity index (χ3n) is 4.93. The Morgan fingerprint density at radius 2 is 1.63 bits per heavy atom. The van der Waals surface area contributed by atoms with Crippen LogP contribution in [0.5, 0.6) is 0 Å². The van der Waals surface area contributed by atoms with Gasteiger partial charge in [-0.25, -0.2) is 0 Å². The lowest BCUT2D eigenvalue weighted by Crippen LogP contribution is -2.17. The zero-order chi connectivity index (χ0) is 22.2. The highest BCUT2D eigenvalue weighted by molar-refractivity contribution is 6.53. The summed E-state index contributed by atoms with van der Waals surface area (Å²) < 4.78 is -1.31. The standard InChI is InChI=1S/C21H17Cl6NO2/c1-2-3-4-16(29)14-8-13(9-15(24)19(14)25)28-20(30)18-17(21(18,26)27)10-5-11(22)7-12(23)6-10/h5-9,17-18H,2-4H2,1H3,(H,28,30). The monoisotopic (exact) mass is 525 g/mol. The van der Waals surface area contributed by atoms with Crippen LogP contribution in [0.2, 0.25) is 20.1 Å². The number of benzene rings is 2. The molecule has 1 saturated carbocycles. The number of hydrogen-bond acceptors (Lipinski definition) is 2. The maximum absolute atomic E-state index is 12.9. The molecule has 1 N–H and O–H groups in total. The molecule has 2 aromatic rings. The molecule has 1 fully saturated rings. The van der Waals surface area contributed by atoms with Crippen molar-refractivity contribution in [3.8, 4) is 0 Å². The van der Waals surface area contributed by atoms with E-state index in [4.69, 9.17) is 69.6 Å². The van der Waals surface area contributed by atoms with Crippen LogP contribution in [-0.4, -0.2) is 16.0 Å². The van der Waals surface area contributed by atoms with Gasteiger partial charge in [-0.1, -0.05) is 59.7 Å². The first kappa shape index (κ1) is 24.0. The molecule has 9 heteroatoms. The van der Waals surface area contributed by atoms with Gasteiger partial charge >= 0.3 is 0 Å². The van der Waals surface area contributed by atoms with Crippen molar-refractivity contribution < 1.29 is 9.59 Å². The van der Waals surface area contributed by atoms with Gasteiger partial charge < -0.3 is 5.32 Å². The molecule has 3 nitrogen and oxygen atoms in total. The first-order chi connectivity index (χ1) is 14.1. The molecule has 0 radical (unpaired) electrons. The summed E-state index contributed by atoms with van der Waals surface area (Å²) in [4.78, 5) is 25.3. The SMILES string of the molecule is CCCCC(=O)c1cc(NC(=O)C2C(c3cc(Cl)cc(Cl)c3)C2(Cl)Cl)cc(Cl)c1Cl. The maximum atomic E-state index is 12.9. The molecule has 0 spiro atoms. The lowest BCUT2D eigenvalue weighted by molar-refractivity contribution is -0.117. The highest BCUT2D eigenvalue weighted by atomic mass is 35.5. The first-order valence-electron chi connectivity index (χ1n) is 9.23. The van der Waals surface area contributed by atoms with Crippen molar-refractivity contribution in [2.75, 3.05) is 5.32 Å². The zero-order valence-electron chi connectivity index (χ0n) is 15.7. The van der Waals surface area contributed by atoms with Crippen LogP contribution in [0.3, 0.4) is 0 Å². The maximum Gasteiger partial charge on any atom is 0.231 e. The van der Waals surface area contributed by atoms with E-state index in [1.54, 1.807) is 18.2 Å². The first-order valence-corrected chi connectivity index (χ1v) is 11.5. The molecule has 2 aromatic carbocycles. The average Bonchev–Trinajstić information content (AvgIpc) is 3.24. The minimum Gasteiger partial charge on any atom is -0.326 e. The number of amides is 1. The van der Waals surface area contributed by atoms with Crippen LogP contribution in [0.15, 0.2) is 30.3 Å². The van der Waals surface area contributed by atoms with Crippen molar-refractivity contribution in [3.63, 3.8) is 0 Å². The lowest BCUT2D eigenvalue weighted by Gasteiger charge is -2.11. The van der Waals surface area contributed by atoms with Crippen LogP contribution in [0.1, 0.15) is 48.0 Å². The van der Waals surface area contributed by atoms with Crippen LogP contribution >= 0.6 is 69.6 Å². The summed E-state index contributed by atoms with van der Waals surface area (Å²) in [6.45, 7) is 1.99. The van der Waals surface area contributed by atoms with Gasteiger partial charge in [-0.2, -0.15) is 0 Å². The number of Topliss-reactive ketones (excluding diaryl/α,β-unsaturated/α-hetero) is 1. The van der Waals surface area contributed by atoms with E-state index < -0.39 is 22.1 Å². The number of alkyl halides is 2. The smallest absolute Gasteiger partial charge is 0.231 e. The van der Waals surface area contributed by atoms with E-state index in [-0.39, 0.29) is 21.4 Å². The number of ketones is 1. The van der Waals surface area contributed by atoms with Crippen LogP contribution in [0.25, 0.3) is 0 Å². The summed E-state index contributed by atoms with van der Waals surface area (Å²) in [6, 6.07) is 7.93. The van der Waals surface area contributed by atoms with E-state index >= 15 is 0 Å². The van der Waals surface area contributed by atoms with E-state index in [1.807, 2.05) is 6.92 Å². The number of nitrogens with one attached hydrogen (secondary N) is 1. The highest BCUT2D eigenvalue weighted by Crippen LogP contribution is 2.65. The van der Waals surface area contributed by atoms with E-state index in [1.165, 1.54) is 12.1 Å². The molecule has 0 saturated heterocycles. The van der Waals surface area contributed by atoms with Gasteiger partial charge in [0, 0.05) is 33.6 Å². The minimum atomic E-state index is -1.31.